The van der Waals surface area contributed by atoms with Crippen LogP contribution < -0.4 is 0 Å². The molecule has 3 rings (SSSR count). The molecule has 96 valence electrons. The van der Waals surface area contributed by atoms with Gasteiger partial charge in [0.1, 0.15) is 0 Å². The van der Waals surface area contributed by atoms with Crippen LogP contribution in [0.2, 0.25) is 0 Å². The topological polar surface area (TPSA) is 34.1 Å². The highest BCUT2D eigenvalue weighted by atomic mass is 16.7. The number of amidine groups is 1. The van der Waals surface area contributed by atoms with Crippen LogP contribution in [0.5, 0.6) is 0 Å². The summed E-state index contributed by atoms with van der Waals surface area (Å²) in [6.07, 6.45) is 0.848. The molecule has 1 fully saturated rings. The average Bonchev–Trinajstić information content (AvgIpc) is 2.99. The predicted octanol–water partition coefficient (Wildman–Crippen LogP) is 1.83. The lowest BCUT2D eigenvalue weighted by atomic mass is 10.1. The van der Waals surface area contributed by atoms with Crippen molar-refractivity contribution in [3.63, 3.8) is 0 Å². The molecular weight excluding hydrogens is 228 g/mol. The number of ether oxygens (including phenoxy) is 2. The fraction of sp³-hybridized carbons (Fsp3) is 0.500. The Bertz CT molecular complexity index is 454. The highest BCUT2D eigenvalue weighted by Crippen LogP contribution is 2.36. The Morgan fingerprint density at radius 1 is 1.22 bits per heavy atom. The summed E-state index contributed by atoms with van der Waals surface area (Å²) in [4.78, 5) is 7.08. The van der Waals surface area contributed by atoms with Crippen molar-refractivity contribution in [1.82, 2.24) is 4.90 Å². The van der Waals surface area contributed by atoms with Crippen LogP contribution in [0.25, 0.3) is 0 Å². The minimum atomic E-state index is -0.635. The van der Waals surface area contributed by atoms with Crippen LogP contribution in [0, 0.1) is 0 Å². The highest BCUT2D eigenvalue weighted by molar-refractivity contribution is 5.92. The van der Waals surface area contributed by atoms with Crippen LogP contribution >= 0.6 is 0 Å². The lowest BCUT2D eigenvalue weighted by Crippen LogP contribution is -2.41. The van der Waals surface area contributed by atoms with Gasteiger partial charge in [0, 0.05) is 33.7 Å². The summed E-state index contributed by atoms with van der Waals surface area (Å²) in [5.41, 5.74) is 1.25. The SMILES string of the molecule is COC1(OC)CCN2CC(c3ccccc3)N=C21. The standard InChI is InChI=1S/C14H18N2O2/c1-17-14(18-2)8-9-16-10-12(15-13(14)16)11-6-4-3-5-7-11/h3-7,12H,8-10H2,1-2H3. The largest absolute Gasteiger partial charge is 0.353 e. The third kappa shape index (κ3) is 1.64. The van der Waals surface area contributed by atoms with Crippen LogP contribution in [-0.4, -0.2) is 43.8 Å². The molecule has 0 N–H and O–H groups in total. The molecular formula is C14H18N2O2. The van der Waals surface area contributed by atoms with Crippen molar-refractivity contribution in [2.45, 2.75) is 18.2 Å². The summed E-state index contributed by atoms with van der Waals surface area (Å²) in [7, 11) is 3.37. The first-order valence-electron chi connectivity index (χ1n) is 6.27. The van der Waals surface area contributed by atoms with Crippen molar-refractivity contribution in [2.24, 2.45) is 4.99 Å². The summed E-state index contributed by atoms with van der Waals surface area (Å²) in [6, 6.07) is 10.6. The van der Waals surface area contributed by atoms with Gasteiger partial charge in [0.25, 0.3) is 0 Å². The summed E-state index contributed by atoms with van der Waals surface area (Å²) < 4.78 is 11.1. The van der Waals surface area contributed by atoms with Gasteiger partial charge in [0.05, 0.1) is 6.04 Å². The van der Waals surface area contributed by atoms with Gasteiger partial charge in [-0.3, -0.25) is 4.99 Å². The molecule has 2 aliphatic heterocycles. The maximum absolute atomic E-state index is 5.55. The fourth-order valence-corrected chi connectivity index (χ4v) is 2.82. The third-order valence-electron chi connectivity index (χ3n) is 3.87. The van der Waals surface area contributed by atoms with E-state index in [2.05, 4.69) is 29.2 Å². The maximum Gasteiger partial charge on any atom is 0.229 e. The van der Waals surface area contributed by atoms with Crippen molar-refractivity contribution in [2.75, 3.05) is 27.3 Å². The average molecular weight is 246 g/mol. The van der Waals surface area contributed by atoms with Gasteiger partial charge >= 0.3 is 0 Å². The normalized spacial score (nSPS) is 25.1. The molecule has 0 saturated carbocycles. The lowest BCUT2D eigenvalue weighted by Gasteiger charge is -2.25. The van der Waals surface area contributed by atoms with Gasteiger partial charge in [-0.1, -0.05) is 30.3 Å². The summed E-state index contributed by atoms with van der Waals surface area (Å²) in [5.74, 6) is 0.310. The number of rotatable bonds is 3. The first-order valence-corrected chi connectivity index (χ1v) is 6.27. The van der Waals surface area contributed by atoms with Gasteiger partial charge < -0.3 is 14.4 Å². The number of benzene rings is 1. The second kappa shape index (κ2) is 4.37. The molecule has 0 aliphatic carbocycles. The third-order valence-corrected chi connectivity index (χ3v) is 3.87. The molecule has 0 bridgehead atoms. The Hall–Kier alpha value is -1.39. The lowest BCUT2D eigenvalue weighted by molar-refractivity contribution is -0.150. The van der Waals surface area contributed by atoms with Crippen molar-refractivity contribution in [3.8, 4) is 0 Å². The molecule has 1 aromatic carbocycles. The van der Waals surface area contributed by atoms with Gasteiger partial charge in [0.2, 0.25) is 5.79 Å². The number of methoxy groups -OCH3 is 2. The van der Waals surface area contributed by atoms with Crippen LogP contribution in [0.3, 0.4) is 0 Å². The number of hydrogen-bond donors (Lipinski definition) is 0. The van der Waals surface area contributed by atoms with E-state index in [1.54, 1.807) is 14.2 Å². The van der Waals surface area contributed by atoms with E-state index in [0.717, 1.165) is 25.3 Å². The van der Waals surface area contributed by atoms with E-state index in [-0.39, 0.29) is 6.04 Å². The fourth-order valence-electron chi connectivity index (χ4n) is 2.82. The van der Waals surface area contributed by atoms with Crippen LogP contribution in [0.15, 0.2) is 35.3 Å². The summed E-state index contributed by atoms with van der Waals surface area (Å²) in [6.45, 7) is 1.87. The number of fused-ring (bicyclic) bond motifs is 1. The van der Waals surface area contributed by atoms with E-state index in [1.807, 2.05) is 6.07 Å². The van der Waals surface area contributed by atoms with Gasteiger partial charge in [-0.25, -0.2) is 0 Å². The molecule has 2 aliphatic rings. The molecule has 4 nitrogen and oxygen atoms in total. The van der Waals surface area contributed by atoms with Crippen LogP contribution in [0.1, 0.15) is 18.0 Å². The first-order chi connectivity index (χ1) is 8.79. The molecule has 1 saturated heterocycles. The van der Waals surface area contributed by atoms with Crippen molar-refractivity contribution in [3.05, 3.63) is 35.9 Å². The minimum absolute atomic E-state index is 0.200. The number of aliphatic imine (C=N–C) groups is 1. The van der Waals surface area contributed by atoms with Gasteiger partial charge in [-0.15, -0.1) is 0 Å². The van der Waals surface area contributed by atoms with E-state index < -0.39 is 5.79 Å². The number of nitrogens with zero attached hydrogens (tertiary/aromatic N) is 2. The van der Waals surface area contributed by atoms with Gasteiger partial charge in [0.15, 0.2) is 5.84 Å². The molecule has 1 aromatic rings. The van der Waals surface area contributed by atoms with Crippen LogP contribution in [0.4, 0.5) is 0 Å². The maximum atomic E-state index is 5.55. The minimum Gasteiger partial charge on any atom is -0.353 e. The second-order valence-electron chi connectivity index (χ2n) is 4.74. The summed E-state index contributed by atoms with van der Waals surface area (Å²) >= 11 is 0. The van der Waals surface area contributed by atoms with Gasteiger partial charge in [-0.2, -0.15) is 0 Å². The summed E-state index contributed by atoms with van der Waals surface area (Å²) in [5, 5.41) is 0. The zero-order valence-electron chi connectivity index (χ0n) is 10.8. The molecule has 0 radical (unpaired) electrons. The Morgan fingerprint density at radius 3 is 2.61 bits per heavy atom. The molecule has 1 atom stereocenters. The molecule has 0 aromatic heterocycles. The van der Waals surface area contributed by atoms with E-state index in [9.17, 15) is 0 Å². The number of hydrogen-bond acceptors (Lipinski definition) is 4. The first kappa shape index (κ1) is 11.7. The Labute approximate surface area is 107 Å². The van der Waals surface area contributed by atoms with E-state index in [1.165, 1.54) is 5.56 Å². The quantitative estimate of drug-likeness (QED) is 0.763. The Morgan fingerprint density at radius 2 is 1.94 bits per heavy atom. The molecule has 1 unspecified atom stereocenters. The second-order valence-corrected chi connectivity index (χ2v) is 4.74. The molecule has 0 spiro atoms. The predicted molar refractivity (Wildman–Crippen MR) is 69.6 cm³/mol. The monoisotopic (exact) mass is 246 g/mol. The molecule has 4 heteroatoms. The van der Waals surface area contributed by atoms with Crippen LogP contribution in [-0.2, 0) is 9.47 Å². The zero-order chi connectivity index (χ0) is 12.6. The molecule has 0 amide bonds. The molecule has 2 heterocycles. The van der Waals surface area contributed by atoms with E-state index in [0.29, 0.717) is 0 Å². The van der Waals surface area contributed by atoms with E-state index >= 15 is 0 Å². The van der Waals surface area contributed by atoms with Crippen molar-refractivity contribution >= 4 is 5.84 Å². The van der Waals surface area contributed by atoms with E-state index in [4.69, 9.17) is 14.5 Å². The van der Waals surface area contributed by atoms with Crippen molar-refractivity contribution < 1.29 is 9.47 Å². The molecule has 18 heavy (non-hydrogen) atoms. The smallest absolute Gasteiger partial charge is 0.229 e. The highest BCUT2D eigenvalue weighted by Gasteiger charge is 2.49. The Kier molecular flexibility index (Phi) is 2.84. The van der Waals surface area contributed by atoms with Crippen molar-refractivity contribution in [1.29, 1.82) is 0 Å². The Balaban J connectivity index is 1.91. The van der Waals surface area contributed by atoms with Gasteiger partial charge in [-0.05, 0) is 5.56 Å². The zero-order valence-corrected chi connectivity index (χ0v) is 10.8.